The van der Waals surface area contributed by atoms with E-state index in [9.17, 15) is 9.18 Å². The number of aromatic nitrogens is 2. The highest BCUT2D eigenvalue weighted by molar-refractivity contribution is 5.92. The van der Waals surface area contributed by atoms with Crippen LogP contribution in [0.25, 0.3) is 23.0 Å². The zero-order valence-corrected chi connectivity index (χ0v) is 16.5. The van der Waals surface area contributed by atoms with Crippen LogP contribution in [0.5, 0.6) is 5.75 Å². The summed E-state index contributed by atoms with van der Waals surface area (Å²) >= 11 is 0. The van der Waals surface area contributed by atoms with Crippen molar-refractivity contribution in [2.24, 2.45) is 0 Å². The maximum atomic E-state index is 14.4. The minimum atomic E-state index is -0.469. The first-order valence-corrected chi connectivity index (χ1v) is 9.11. The van der Waals surface area contributed by atoms with Crippen molar-refractivity contribution in [1.82, 2.24) is 14.8 Å². The largest absolute Gasteiger partial charge is 0.491 e. The van der Waals surface area contributed by atoms with E-state index >= 15 is 0 Å². The molecular formula is C22H22FN3O3. The second-order valence-corrected chi connectivity index (χ2v) is 6.14. The van der Waals surface area contributed by atoms with Crippen molar-refractivity contribution in [3.8, 4) is 22.7 Å². The van der Waals surface area contributed by atoms with Crippen LogP contribution in [0.15, 0.2) is 60.8 Å². The van der Waals surface area contributed by atoms with Crippen molar-refractivity contribution in [3.63, 3.8) is 0 Å². The average Bonchev–Trinajstić information content (AvgIpc) is 3.18. The molecule has 0 aliphatic rings. The highest BCUT2D eigenvalue weighted by Gasteiger charge is 2.14. The van der Waals surface area contributed by atoms with Crippen LogP contribution in [0.4, 0.5) is 4.39 Å². The third-order valence-electron chi connectivity index (χ3n) is 4.26. The molecule has 6 nitrogen and oxygen atoms in total. The molecule has 0 saturated carbocycles. The van der Waals surface area contributed by atoms with Crippen molar-refractivity contribution < 1.29 is 18.8 Å². The van der Waals surface area contributed by atoms with Gasteiger partial charge in [0.2, 0.25) is 0 Å². The Labute approximate surface area is 168 Å². The molecule has 1 heterocycles. The summed E-state index contributed by atoms with van der Waals surface area (Å²) in [7, 11) is 2.93. The lowest BCUT2D eigenvalue weighted by atomic mass is 10.1. The minimum Gasteiger partial charge on any atom is -0.491 e. The summed E-state index contributed by atoms with van der Waals surface area (Å²) in [5.41, 5.74) is 2.63. The predicted octanol–water partition coefficient (Wildman–Crippen LogP) is 4.11. The molecule has 1 aromatic heterocycles. The number of nitrogens with zero attached hydrogens (tertiary/aromatic N) is 3. The third-order valence-corrected chi connectivity index (χ3v) is 4.26. The van der Waals surface area contributed by atoms with Crippen molar-refractivity contribution >= 4 is 12.0 Å². The summed E-state index contributed by atoms with van der Waals surface area (Å²) in [4.78, 5) is 16.9. The molecule has 1 amide bonds. The van der Waals surface area contributed by atoms with Gasteiger partial charge in [0.1, 0.15) is 5.69 Å². The van der Waals surface area contributed by atoms with Gasteiger partial charge in [0.25, 0.3) is 5.91 Å². The van der Waals surface area contributed by atoms with E-state index in [1.54, 1.807) is 36.0 Å². The molecule has 0 atom stereocenters. The molecule has 0 unspecified atom stereocenters. The lowest BCUT2D eigenvalue weighted by molar-refractivity contribution is -0.162. The Hall–Kier alpha value is -3.45. The fourth-order valence-corrected chi connectivity index (χ4v) is 2.72. The smallest absolute Gasteiger partial charge is 0.269 e. The zero-order chi connectivity index (χ0) is 20.8. The molecule has 29 heavy (non-hydrogen) atoms. The molecule has 0 N–H and O–H groups in total. The first kappa shape index (κ1) is 20.3. The maximum absolute atomic E-state index is 14.4. The fraction of sp³-hybridized carbons (Fsp3) is 0.182. The number of amides is 1. The average molecular weight is 395 g/mol. The van der Waals surface area contributed by atoms with Gasteiger partial charge in [-0.2, -0.15) is 5.10 Å². The van der Waals surface area contributed by atoms with Gasteiger partial charge in [0, 0.05) is 30.4 Å². The van der Waals surface area contributed by atoms with Gasteiger partial charge >= 0.3 is 0 Å². The Kier molecular flexibility index (Phi) is 6.41. The van der Waals surface area contributed by atoms with Crippen LogP contribution in [-0.4, -0.2) is 41.5 Å². The predicted molar refractivity (Wildman–Crippen MR) is 109 cm³/mol. The van der Waals surface area contributed by atoms with Crippen LogP contribution in [0.2, 0.25) is 0 Å². The first-order valence-electron chi connectivity index (χ1n) is 9.11. The van der Waals surface area contributed by atoms with E-state index < -0.39 is 5.82 Å². The highest BCUT2D eigenvalue weighted by atomic mass is 19.1. The third kappa shape index (κ3) is 4.70. The number of carbonyl (C=O) groups is 1. The van der Waals surface area contributed by atoms with E-state index in [1.807, 2.05) is 30.3 Å². The van der Waals surface area contributed by atoms with E-state index in [-0.39, 0.29) is 11.7 Å². The summed E-state index contributed by atoms with van der Waals surface area (Å²) in [6, 6.07) is 14.2. The number of hydrogen-bond acceptors (Lipinski definition) is 4. The SMILES string of the molecule is CCOc1ccc(-c2nn(-c3ccccc3)cc2C=CC(=O)N(C)OC)cc1F. The Morgan fingerprint density at radius 1 is 1.24 bits per heavy atom. The van der Waals surface area contributed by atoms with E-state index in [0.29, 0.717) is 23.4 Å². The molecule has 0 aliphatic carbocycles. The minimum absolute atomic E-state index is 0.188. The van der Waals surface area contributed by atoms with Crippen LogP contribution in [0.1, 0.15) is 12.5 Å². The topological polar surface area (TPSA) is 56.6 Å². The van der Waals surface area contributed by atoms with Gasteiger partial charge in [-0.05, 0) is 43.3 Å². The number of hydrogen-bond donors (Lipinski definition) is 0. The molecule has 2 aromatic carbocycles. The zero-order valence-electron chi connectivity index (χ0n) is 16.5. The molecule has 0 spiro atoms. The monoisotopic (exact) mass is 395 g/mol. The van der Waals surface area contributed by atoms with Gasteiger partial charge < -0.3 is 4.74 Å². The molecule has 3 aromatic rings. The van der Waals surface area contributed by atoms with E-state index in [1.165, 1.54) is 26.3 Å². The molecule has 0 bridgehead atoms. The normalized spacial score (nSPS) is 11.0. The van der Waals surface area contributed by atoms with Crippen LogP contribution in [-0.2, 0) is 9.63 Å². The number of ether oxygens (including phenoxy) is 1. The van der Waals surface area contributed by atoms with Crippen LogP contribution >= 0.6 is 0 Å². The lowest BCUT2D eigenvalue weighted by Crippen LogP contribution is -2.22. The Morgan fingerprint density at radius 2 is 2.00 bits per heavy atom. The Morgan fingerprint density at radius 3 is 2.66 bits per heavy atom. The summed E-state index contributed by atoms with van der Waals surface area (Å²) in [5, 5.41) is 5.72. The summed E-state index contributed by atoms with van der Waals surface area (Å²) in [6.07, 6.45) is 4.80. The quantitative estimate of drug-likeness (QED) is 0.446. The molecular weight excluding hydrogens is 373 g/mol. The summed E-state index contributed by atoms with van der Waals surface area (Å²) in [5.74, 6) is -0.611. The lowest BCUT2D eigenvalue weighted by Gasteiger charge is -2.10. The molecule has 0 fully saturated rings. The molecule has 0 saturated heterocycles. The fourth-order valence-electron chi connectivity index (χ4n) is 2.72. The van der Waals surface area contributed by atoms with Crippen LogP contribution in [0.3, 0.4) is 0 Å². The van der Waals surface area contributed by atoms with Crippen molar-refractivity contribution in [3.05, 3.63) is 72.2 Å². The van der Waals surface area contributed by atoms with Crippen molar-refractivity contribution in [2.45, 2.75) is 6.92 Å². The number of rotatable bonds is 7. The summed E-state index contributed by atoms with van der Waals surface area (Å²) < 4.78 is 21.4. The van der Waals surface area contributed by atoms with Crippen molar-refractivity contribution in [2.75, 3.05) is 20.8 Å². The van der Waals surface area contributed by atoms with E-state index in [2.05, 4.69) is 5.10 Å². The van der Waals surface area contributed by atoms with Gasteiger partial charge in [0.15, 0.2) is 11.6 Å². The van der Waals surface area contributed by atoms with Crippen LogP contribution in [0, 0.1) is 5.82 Å². The Balaban J connectivity index is 2.04. The number of para-hydroxylation sites is 1. The summed E-state index contributed by atoms with van der Waals surface area (Å²) in [6.45, 7) is 2.17. The van der Waals surface area contributed by atoms with Gasteiger partial charge in [-0.1, -0.05) is 18.2 Å². The van der Waals surface area contributed by atoms with E-state index in [4.69, 9.17) is 9.57 Å². The second-order valence-electron chi connectivity index (χ2n) is 6.14. The molecule has 3 rings (SSSR count). The molecule has 150 valence electrons. The van der Waals surface area contributed by atoms with Gasteiger partial charge in [-0.3, -0.25) is 9.63 Å². The van der Waals surface area contributed by atoms with Gasteiger partial charge in [0.05, 0.1) is 19.4 Å². The standard InChI is InChI=1S/C22H22FN3O3/c1-4-29-20-12-10-16(14-19(20)23)22-17(11-13-21(27)25(2)28-3)15-26(24-22)18-8-6-5-7-9-18/h5-15H,4H2,1-3H3. The van der Waals surface area contributed by atoms with Crippen LogP contribution < -0.4 is 4.74 Å². The highest BCUT2D eigenvalue weighted by Crippen LogP contribution is 2.29. The molecule has 0 radical (unpaired) electrons. The number of likely N-dealkylation sites (N-methyl/N-ethyl adjacent to an activating group) is 1. The molecule has 0 aliphatic heterocycles. The van der Waals surface area contributed by atoms with Crippen molar-refractivity contribution in [1.29, 1.82) is 0 Å². The van der Waals surface area contributed by atoms with E-state index in [0.717, 1.165) is 10.8 Å². The number of carbonyl (C=O) groups excluding carboxylic acids is 1. The second kappa shape index (κ2) is 9.16. The first-order chi connectivity index (χ1) is 14.0. The number of halogens is 1. The Bertz CT molecular complexity index is 1020. The molecule has 7 heteroatoms. The van der Waals surface area contributed by atoms with Gasteiger partial charge in [-0.25, -0.2) is 14.1 Å². The number of hydroxylamine groups is 2. The van der Waals surface area contributed by atoms with Gasteiger partial charge in [-0.15, -0.1) is 0 Å². The number of benzene rings is 2. The maximum Gasteiger partial charge on any atom is 0.269 e.